The molecule has 19 heavy (non-hydrogen) atoms. The highest BCUT2D eigenvalue weighted by Gasteiger charge is 2.03. The molecule has 2 aromatic rings. The molecule has 1 aromatic carbocycles. The number of aromatic nitrogens is 1. The fraction of sp³-hybridized carbons (Fsp3) is 0.438. The molecule has 2 rings (SSSR count). The number of nitrogens with zero attached hydrogens (tertiary/aromatic N) is 1. The van der Waals surface area contributed by atoms with Gasteiger partial charge in [0.2, 0.25) is 0 Å². The number of hydrogen-bond donors (Lipinski definition) is 1. The maximum atomic E-state index is 4.54. The van der Waals surface area contributed by atoms with Gasteiger partial charge in [-0.3, -0.25) is 0 Å². The molecule has 2 nitrogen and oxygen atoms in total. The third-order valence-electron chi connectivity index (χ3n) is 3.29. The molecule has 0 amide bonds. The second kappa shape index (κ2) is 6.71. The molecule has 1 heterocycles. The SMILES string of the molecule is CCCCc1ccc(NCc2nc(C)c(C)s2)cc1. The van der Waals surface area contributed by atoms with Crippen LogP contribution in [0.1, 0.15) is 40.9 Å². The molecule has 0 bridgehead atoms. The van der Waals surface area contributed by atoms with Gasteiger partial charge in [-0.25, -0.2) is 4.98 Å². The van der Waals surface area contributed by atoms with Crippen LogP contribution in [0.3, 0.4) is 0 Å². The topological polar surface area (TPSA) is 24.9 Å². The summed E-state index contributed by atoms with van der Waals surface area (Å²) in [5.41, 5.74) is 3.75. The Morgan fingerprint density at radius 1 is 1.16 bits per heavy atom. The Kier molecular flexibility index (Phi) is 4.97. The van der Waals surface area contributed by atoms with Gasteiger partial charge in [-0.1, -0.05) is 25.5 Å². The van der Waals surface area contributed by atoms with E-state index in [1.54, 1.807) is 11.3 Å². The molecule has 102 valence electrons. The molecule has 0 aliphatic rings. The van der Waals surface area contributed by atoms with E-state index in [0.717, 1.165) is 17.2 Å². The second-order valence-electron chi connectivity index (χ2n) is 4.90. The quantitative estimate of drug-likeness (QED) is 0.824. The number of nitrogens with one attached hydrogen (secondary N) is 1. The van der Waals surface area contributed by atoms with E-state index in [0.29, 0.717) is 0 Å². The van der Waals surface area contributed by atoms with Crippen LogP contribution in [0, 0.1) is 13.8 Å². The Bertz CT molecular complexity index is 495. The molecule has 0 saturated carbocycles. The van der Waals surface area contributed by atoms with Gasteiger partial charge in [0.25, 0.3) is 0 Å². The van der Waals surface area contributed by atoms with Gasteiger partial charge >= 0.3 is 0 Å². The number of aryl methyl sites for hydroxylation is 3. The van der Waals surface area contributed by atoms with Crippen LogP contribution in [0.15, 0.2) is 24.3 Å². The Morgan fingerprint density at radius 2 is 1.89 bits per heavy atom. The minimum Gasteiger partial charge on any atom is -0.379 e. The molecule has 0 fully saturated rings. The average Bonchev–Trinajstić information content (AvgIpc) is 2.74. The normalized spacial score (nSPS) is 10.7. The van der Waals surface area contributed by atoms with E-state index in [4.69, 9.17) is 0 Å². The summed E-state index contributed by atoms with van der Waals surface area (Å²) in [5.74, 6) is 0. The van der Waals surface area contributed by atoms with Crippen LogP contribution in [0.4, 0.5) is 5.69 Å². The summed E-state index contributed by atoms with van der Waals surface area (Å²) < 4.78 is 0. The second-order valence-corrected chi connectivity index (χ2v) is 6.19. The van der Waals surface area contributed by atoms with Crippen molar-refractivity contribution in [2.75, 3.05) is 5.32 Å². The first-order valence-corrected chi connectivity index (χ1v) is 7.76. The van der Waals surface area contributed by atoms with E-state index in [-0.39, 0.29) is 0 Å². The van der Waals surface area contributed by atoms with Gasteiger partial charge in [-0.05, 0) is 44.4 Å². The number of unbranched alkanes of at least 4 members (excludes halogenated alkanes) is 1. The first-order valence-electron chi connectivity index (χ1n) is 6.94. The predicted molar refractivity (Wildman–Crippen MR) is 84.0 cm³/mol. The zero-order chi connectivity index (χ0) is 13.7. The van der Waals surface area contributed by atoms with Crippen molar-refractivity contribution in [3.05, 3.63) is 45.4 Å². The summed E-state index contributed by atoms with van der Waals surface area (Å²) in [6, 6.07) is 8.77. The smallest absolute Gasteiger partial charge is 0.112 e. The van der Waals surface area contributed by atoms with Gasteiger partial charge in [0.1, 0.15) is 5.01 Å². The number of thiazole rings is 1. The molecule has 1 N–H and O–H groups in total. The predicted octanol–water partition coefficient (Wildman–Crippen LogP) is 4.71. The fourth-order valence-electron chi connectivity index (χ4n) is 1.96. The van der Waals surface area contributed by atoms with Crippen molar-refractivity contribution in [3.63, 3.8) is 0 Å². The molecule has 0 aliphatic carbocycles. The van der Waals surface area contributed by atoms with Crippen LogP contribution in [-0.4, -0.2) is 4.98 Å². The Hall–Kier alpha value is -1.35. The van der Waals surface area contributed by atoms with Crippen LogP contribution >= 0.6 is 11.3 Å². The standard InChI is InChI=1S/C16H22N2S/c1-4-5-6-14-7-9-15(10-8-14)17-11-16-18-12(2)13(3)19-16/h7-10,17H,4-6,11H2,1-3H3. The lowest BCUT2D eigenvalue weighted by molar-refractivity contribution is 0.795. The van der Waals surface area contributed by atoms with Crippen LogP contribution in [0.25, 0.3) is 0 Å². The maximum absolute atomic E-state index is 4.54. The third-order valence-corrected chi connectivity index (χ3v) is 4.36. The molecule has 0 unspecified atom stereocenters. The van der Waals surface area contributed by atoms with Gasteiger partial charge in [0, 0.05) is 10.6 Å². The number of hydrogen-bond acceptors (Lipinski definition) is 3. The highest BCUT2D eigenvalue weighted by Crippen LogP contribution is 2.18. The zero-order valence-corrected chi connectivity index (χ0v) is 12.8. The molecule has 0 radical (unpaired) electrons. The minimum atomic E-state index is 0.813. The van der Waals surface area contributed by atoms with E-state index in [1.807, 2.05) is 0 Å². The summed E-state index contributed by atoms with van der Waals surface area (Å²) >= 11 is 1.77. The summed E-state index contributed by atoms with van der Waals surface area (Å²) in [5, 5.41) is 4.59. The monoisotopic (exact) mass is 274 g/mol. The molecule has 0 atom stereocenters. The first-order chi connectivity index (χ1) is 9.19. The highest BCUT2D eigenvalue weighted by atomic mass is 32.1. The number of benzene rings is 1. The molecule has 1 aromatic heterocycles. The van der Waals surface area contributed by atoms with Crippen molar-refractivity contribution in [3.8, 4) is 0 Å². The summed E-state index contributed by atoms with van der Waals surface area (Å²) in [6.07, 6.45) is 3.70. The van der Waals surface area contributed by atoms with Crippen molar-refractivity contribution >= 4 is 17.0 Å². The molecule has 0 saturated heterocycles. The van der Waals surface area contributed by atoms with Crippen molar-refractivity contribution in [1.29, 1.82) is 0 Å². The lowest BCUT2D eigenvalue weighted by atomic mass is 10.1. The lowest BCUT2D eigenvalue weighted by Gasteiger charge is -2.05. The summed E-state index contributed by atoms with van der Waals surface area (Å²) in [4.78, 5) is 5.85. The van der Waals surface area contributed by atoms with E-state index in [9.17, 15) is 0 Å². The Balaban J connectivity index is 1.89. The Labute approximate surface area is 119 Å². The summed E-state index contributed by atoms with van der Waals surface area (Å²) in [6.45, 7) is 7.23. The van der Waals surface area contributed by atoms with E-state index in [2.05, 4.69) is 55.3 Å². The molecule has 3 heteroatoms. The largest absolute Gasteiger partial charge is 0.379 e. The van der Waals surface area contributed by atoms with Gasteiger partial charge in [-0.15, -0.1) is 11.3 Å². The van der Waals surface area contributed by atoms with E-state index >= 15 is 0 Å². The van der Waals surface area contributed by atoms with Crippen molar-refractivity contribution in [1.82, 2.24) is 4.98 Å². The maximum Gasteiger partial charge on any atom is 0.112 e. The molecule has 0 aliphatic heterocycles. The van der Waals surface area contributed by atoms with Gasteiger partial charge in [0.15, 0.2) is 0 Å². The molecule has 0 spiro atoms. The fourth-order valence-corrected chi connectivity index (χ4v) is 2.84. The summed E-state index contributed by atoms with van der Waals surface area (Å²) in [7, 11) is 0. The van der Waals surface area contributed by atoms with Gasteiger partial charge in [-0.2, -0.15) is 0 Å². The zero-order valence-electron chi connectivity index (χ0n) is 12.0. The van der Waals surface area contributed by atoms with E-state index in [1.165, 1.54) is 35.4 Å². The molecular weight excluding hydrogens is 252 g/mol. The highest BCUT2D eigenvalue weighted by molar-refractivity contribution is 7.11. The minimum absolute atomic E-state index is 0.813. The van der Waals surface area contributed by atoms with Crippen molar-refractivity contribution in [2.24, 2.45) is 0 Å². The Morgan fingerprint density at radius 3 is 2.47 bits per heavy atom. The van der Waals surface area contributed by atoms with Gasteiger partial charge < -0.3 is 5.32 Å². The lowest BCUT2D eigenvalue weighted by Crippen LogP contribution is -1.99. The van der Waals surface area contributed by atoms with Crippen molar-refractivity contribution in [2.45, 2.75) is 46.6 Å². The average molecular weight is 274 g/mol. The third kappa shape index (κ3) is 4.06. The number of anilines is 1. The van der Waals surface area contributed by atoms with Crippen LogP contribution < -0.4 is 5.32 Å². The van der Waals surface area contributed by atoms with Crippen LogP contribution in [0.2, 0.25) is 0 Å². The van der Waals surface area contributed by atoms with E-state index < -0.39 is 0 Å². The van der Waals surface area contributed by atoms with Crippen molar-refractivity contribution < 1.29 is 0 Å². The van der Waals surface area contributed by atoms with Crippen LogP contribution in [-0.2, 0) is 13.0 Å². The first kappa shape index (κ1) is 14.1. The number of rotatable bonds is 6. The van der Waals surface area contributed by atoms with Crippen LogP contribution in [0.5, 0.6) is 0 Å². The van der Waals surface area contributed by atoms with Gasteiger partial charge in [0.05, 0.1) is 12.2 Å². The molecular formula is C16H22N2S.